The summed E-state index contributed by atoms with van der Waals surface area (Å²) in [5.74, 6) is 0.596. The van der Waals surface area contributed by atoms with Crippen LogP contribution in [0.25, 0.3) is 0 Å². The number of likely N-dealkylation sites (tertiary alicyclic amines) is 1. The van der Waals surface area contributed by atoms with Crippen molar-refractivity contribution in [1.82, 2.24) is 20.1 Å². The Bertz CT molecular complexity index is 843. The number of ether oxygens (including phenoxy) is 1. The van der Waals surface area contributed by atoms with Crippen LogP contribution in [0.3, 0.4) is 0 Å². The lowest BCUT2D eigenvalue weighted by molar-refractivity contribution is -0.121. The maximum Gasteiger partial charge on any atom is 0.220 e. The quantitative estimate of drug-likeness (QED) is 0.660. The van der Waals surface area contributed by atoms with E-state index < -0.39 is 0 Å². The lowest BCUT2D eigenvalue weighted by Crippen LogP contribution is -2.54. The summed E-state index contributed by atoms with van der Waals surface area (Å²) in [6.07, 6.45) is 6.11. The molecule has 4 rings (SSSR count). The molecular formula is C25H33ClN4O2. The van der Waals surface area contributed by atoms with E-state index in [0.717, 1.165) is 69.4 Å². The monoisotopic (exact) mass is 456 g/mol. The molecule has 0 saturated carbocycles. The number of nitrogens with zero attached hydrogens (tertiary/aromatic N) is 3. The van der Waals surface area contributed by atoms with Crippen LogP contribution in [-0.2, 0) is 22.6 Å². The molecule has 1 N–H and O–H groups in total. The highest BCUT2D eigenvalue weighted by atomic mass is 35.5. The number of rotatable bonds is 8. The van der Waals surface area contributed by atoms with Gasteiger partial charge in [0.1, 0.15) is 0 Å². The van der Waals surface area contributed by atoms with Crippen LogP contribution >= 0.6 is 11.6 Å². The van der Waals surface area contributed by atoms with Crippen molar-refractivity contribution in [1.29, 1.82) is 0 Å². The summed E-state index contributed by atoms with van der Waals surface area (Å²) in [6, 6.07) is 12.5. The molecule has 0 bridgehead atoms. The van der Waals surface area contributed by atoms with Gasteiger partial charge in [0.25, 0.3) is 0 Å². The SMILES string of the molecule is O=C(CC[C@H]1CN(Cc2ccc(Cl)cc2)CC[C@H]1N1CCOCC1)NCc1ccncc1. The van der Waals surface area contributed by atoms with Gasteiger partial charge in [0, 0.05) is 62.6 Å². The van der Waals surface area contributed by atoms with Crippen molar-refractivity contribution in [2.75, 3.05) is 39.4 Å². The first-order valence-corrected chi connectivity index (χ1v) is 12.0. The van der Waals surface area contributed by atoms with Crippen LogP contribution in [0.4, 0.5) is 0 Å². The molecule has 1 amide bonds. The van der Waals surface area contributed by atoms with Crippen molar-refractivity contribution in [2.45, 2.75) is 38.4 Å². The number of nitrogens with one attached hydrogen (secondary N) is 1. The number of morpholine rings is 1. The zero-order valence-electron chi connectivity index (χ0n) is 18.6. The second-order valence-corrected chi connectivity index (χ2v) is 9.23. The Kier molecular flexibility index (Phi) is 8.51. The van der Waals surface area contributed by atoms with E-state index in [2.05, 4.69) is 32.2 Å². The predicted octanol–water partition coefficient (Wildman–Crippen LogP) is 3.35. The van der Waals surface area contributed by atoms with Crippen LogP contribution in [0, 0.1) is 5.92 Å². The summed E-state index contributed by atoms with van der Waals surface area (Å²) in [7, 11) is 0. The number of aromatic nitrogens is 1. The third-order valence-corrected chi connectivity index (χ3v) is 6.85. The number of amides is 1. The highest BCUT2D eigenvalue weighted by Gasteiger charge is 2.34. The van der Waals surface area contributed by atoms with Gasteiger partial charge < -0.3 is 10.1 Å². The zero-order valence-corrected chi connectivity index (χ0v) is 19.3. The Morgan fingerprint density at radius 3 is 2.56 bits per heavy atom. The molecule has 0 unspecified atom stereocenters. The second-order valence-electron chi connectivity index (χ2n) is 8.80. The fourth-order valence-electron chi connectivity index (χ4n) is 4.87. The molecule has 32 heavy (non-hydrogen) atoms. The minimum absolute atomic E-state index is 0.123. The fourth-order valence-corrected chi connectivity index (χ4v) is 4.99. The smallest absolute Gasteiger partial charge is 0.220 e. The second kappa shape index (κ2) is 11.8. The normalized spacial score (nSPS) is 22.5. The first-order valence-electron chi connectivity index (χ1n) is 11.6. The van der Waals surface area contributed by atoms with Gasteiger partial charge >= 0.3 is 0 Å². The van der Waals surface area contributed by atoms with Crippen LogP contribution < -0.4 is 5.32 Å². The molecule has 7 heteroatoms. The van der Waals surface area contributed by atoms with Gasteiger partial charge in [0.15, 0.2) is 0 Å². The standard InChI is InChI=1S/C25H33ClN4O2/c26-23-4-1-21(2-5-23)18-29-12-9-24(30-13-15-32-16-14-30)22(19-29)3-6-25(31)28-17-20-7-10-27-11-8-20/h1-2,4-5,7-8,10-11,22,24H,3,6,9,12-19H2,(H,28,31)/t22-,24+/m0/s1. The number of piperidine rings is 1. The average Bonchev–Trinajstić information content (AvgIpc) is 2.84. The van der Waals surface area contributed by atoms with E-state index in [1.807, 2.05) is 24.3 Å². The van der Waals surface area contributed by atoms with Gasteiger partial charge in [0.05, 0.1) is 13.2 Å². The van der Waals surface area contributed by atoms with Gasteiger partial charge in [-0.25, -0.2) is 0 Å². The minimum Gasteiger partial charge on any atom is -0.379 e. The minimum atomic E-state index is 0.123. The van der Waals surface area contributed by atoms with Gasteiger partial charge in [-0.1, -0.05) is 23.7 Å². The van der Waals surface area contributed by atoms with Crippen molar-refractivity contribution < 1.29 is 9.53 Å². The van der Waals surface area contributed by atoms with Crippen LogP contribution in [0.15, 0.2) is 48.8 Å². The van der Waals surface area contributed by atoms with Gasteiger partial charge in [-0.15, -0.1) is 0 Å². The largest absolute Gasteiger partial charge is 0.379 e. The lowest BCUT2D eigenvalue weighted by Gasteiger charge is -2.45. The third kappa shape index (κ3) is 6.75. The van der Waals surface area contributed by atoms with E-state index in [1.165, 1.54) is 5.56 Å². The van der Waals surface area contributed by atoms with Crippen molar-refractivity contribution in [3.8, 4) is 0 Å². The van der Waals surface area contributed by atoms with Crippen molar-refractivity contribution >= 4 is 17.5 Å². The number of benzene rings is 1. The Morgan fingerprint density at radius 1 is 1.06 bits per heavy atom. The molecule has 2 aliphatic heterocycles. The van der Waals surface area contributed by atoms with E-state index in [0.29, 0.717) is 24.9 Å². The molecule has 2 fully saturated rings. The average molecular weight is 457 g/mol. The lowest BCUT2D eigenvalue weighted by atomic mass is 9.86. The molecule has 2 aliphatic rings. The van der Waals surface area contributed by atoms with Crippen molar-refractivity contribution in [2.24, 2.45) is 5.92 Å². The van der Waals surface area contributed by atoms with Gasteiger partial charge in [-0.2, -0.15) is 0 Å². The van der Waals surface area contributed by atoms with Crippen LogP contribution in [-0.4, -0.2) is 66.1 Å². The third-order valence-electron chi connectivity index (χ3n) is 6.59. The van der Waals surface area contributed by atoms with Crippen LogP contribution in [0.1, 0.15) is 30.4 Å². The number of carbonyl (C=O) groups is 1. The molecule has 2 aromatic rings. The molecule has 0 spiro atoms. The molecule has 1 aromatic carbocycles. The predicted molar refractivity (Wildman–Crippen MR) is 126 cm³/mol. The summed E-state index contributed by atoms with van der Waals surface area (Å²) in [5, 5.41) is 3.84. The Hall–Kier alpha value is -1.99. The molecule has 1 aromatic heterocycles. The number of carbonyl (C=O) groups excluding carboxylic acids is 1. The Morgan fingerprint density at radius 2 is 1.81 bits per heavy atom. The number of pyridine rings is 1. The zero-order chi connectivity index (χ0) is 22.2. The molecular weight excluding hydrogens is 424 g/mol. The van der Waals surface area contributed by atoms with E-state index in [9.17, 15) is 4.79 Å². The maximum atomic E-state index is 12.6. The van der Waals surface area contributed by atoms with Crippen LogP contribution in [0.2, 0.25) is 5.02 Å². The van der Waals surface area contributed by atoms with E-state index in [1.54, 1.807) is 12.4 Å². The molecule has 2 atom stereocenters. The number of halogens is 1. The summed E-state index contributed by atoms with van der Waals surface area (Å²) in [6.45, 7) is 7.18. The summed E-state index contributed by atoms with van der Waals surface area (Å²) in [4.78, 5) is 21.7. The summed E-state index contributed by atoms with van der Waals surface area (Å²) < 4.78 is 5.58. The van der Waals surface area contributed by atoms with Gasteiger partial charge in [0.2, 0.25) is 5.91 Å². The molecule has 2 saturated heterocycles. The van der Waals surface area contributed by atoms with Crippen molar-refractivity contribution in [3.05, 3.63) is 64.9 Å². The molecule has 3 heterocycles. The molecule has 0 aliphatic carbocycles. The van der Waals surface area contributed by atoms with Crippen molar-refractivity contribution in [3.63, 3.8) is 0 Å². The van der Waals surface area contributed by atoms with E-state index >= 15 is 0 Å². The van der Waals surface area contributed by atoms with Crippen LogP contribution in [0.5, 0.6) is 0 Å². The van der Waals surface area contributed by atoms with E-state index in [-0.39, 0.29) is 5.91 Å². The maximum absolute atomic E-state index is 12.6. The molecule has 172 valence electrons. The van der Waals surface area contributed by atoms with Gasteiger partial charge in [-0.3, -0.25) is 19.6 Å². The number of hydrogen-bond acceptors (Lipinski definition) is 5. The van der Waals surface area contributed by atoms with E-state index in [4.69, 9.17) is 16.3 Å². The molecule has 0 radical (unpaired) electrons. The first kappa shape index (κ1) is 23.2. The topological polar surface area (TPSA) is 57.7 Å². The van der Waals surface area contributed by atoms with Gasteiger partial charge in [-0.05, 0) is 60.7 Å². The summed E-state index contributed by atoms with van der Waals surface area (Å²) in [5.41, 5.74) is 2.36. The number of hydrogen-bond donors (Lipinski definition) is 1. The Labute approximate surface area is 195 Å². The fraction of sp³-hybridized carbons (Fsp3) is 0.520. The summed E-state index contributed by atoms with van der Waals surface area (Å²) >= 11 is 6.05. The highest BCUT2D eigenvalue weighted by molar-refractivity contribution is 6.30. The Balaban J connectivity index is 1.33. The highest BCUT2D eigenvalue weighted by Crippen LogP contribution is 2.28. The molecule has 6 nitrogen and oxygen atoms in total. The first-order chi connectivity index (χ1) is 15.7.